The van der Waals surface area contributed by atoms with Gasteiger partial charge in [0.25, 0.3) is 5.91 Å². The fourth-order valence-electron chi connectivity index (χ4n) is 2.99. The number of aromatic nitrogens is 2. The molecule has 2 aromatic rings. The summed E-state index contributed by atoms with van der Waals surface area (Å²) in [4.78, 5) is 11.6. The Morgan fingerprint density at radius 3 is 3.10 bits per heavy atom. The largest absolute Gasteiger partial charge is 0.357 e. The summed E-state index contributed by atoms with van der Waals surface area (Å²) < 4.78 is 7.65. The number of carbonyl (C=O) groups excluding carboxylic acids is 1. The summed E-state index contributed by atoms with van der Waals surface area (Å²) in [5.41, 5.74) is 3.99. The first-order chi connectivity index (χ1) is 10.3. The number of benzene rings is 1. The Hall–Kier alpha value is -2.14. The Bertz CT molecular complexity index is 687. The Kier molecular flexibility index (Phi) is 3.00. The first kappa shape index (κ1) is 12.6. The van der Waals surface area contributed by atoms with Gasteiger partial charge < -0.3 is 10.1 Å². The van der Waals surface area contributed by atoms with Gasteiger partial charge in [0.1, 0.15) is 6.23 Å². The summed E-state index contributed by atoms with van der Waals surface area (Å²) in [5, 5.41) is 7.27. The number of rotatable bonds is 2. The molecule has 3 heterocycles. The summed E-state index contributed by atoms with van der Waals surface area (Å²) in [6, 6.07) is 5.94. The number of ether oxygens (including phenoxy) is 1. The van der Waals surface area contributed by atoms with Gasteiger partial charge in [0, 0.05) is 30.5 Å². The van der Waals surface area contributed by atoms with E-state index in [9.17, 15) is 4.79 Å². The zero-order valence-electron chi connectivity index (χ0n) is 11.7. The normalized spacial score (nSPS) is 21.1. The molecular weight excluding hydrogens is 266 g/mol. The van der Waals surface area contributed by atoms with Crippen LogP contribution in [0.25, 0.3) is 11.1 Å². The average Bonchev–Trinajstić information content (AvgIpc) is 3.15. The van der Waals surface area contributed by atoms with Crippen molar-refractivity contribution >= 4 is 5.91 Å². The second kappa shape index (κ2) is 5.00. The van der Waals surface area contributed by atoms with E-state index in [1.807, 2.05) is 29.2 Å². The highest BCUT2D eigenvalue weighted by Gasteiger charge is 2.20. The van der Waals surface area contributed by atoms with Crippen molar-refractivity contribution in [3.8, 4) is 11.1 Å². The molecule has 0 saturated carbocycles. The van der Waals surface area contributed by atoms with Crippen molar-refractivity contribution in [2.45, 2.75) is 32.0 Å². The molecule has 108 valence electrons. The fourth-order valence-corrected chi connectivity index (χ4v) is 2.99. The molecule has 2 aliphatic rings. The molecule has 0 spiro atoms. The van der Waals surface area contributed by atoms with Crippen LogP contribution in [0.4, 0.5) is 0 Å². The van der Waals surface area contributed by atoms with Gasteiger partial charge in [-0.05, 0) is 42.5 Å². The van der Waals surface area contributed by atoms with Crippen LogP contribution in [0.3, 0.4) is 0 Å². The number of carbonyl (C=O) groups is 1. The van der Waals surface area contributed by atoms with Gasteiger partial charge in [-0.15, -0.1) is 0 Å². The van der Waals surface area contributed by atoms with Crippen molar-refractivity contribution in [1.82, 2.24) is 15.1 Å². The SMILES string of the molecule is O=C1NCc2cc(-c3cnn(C4CCCCO4)c3)ccc21. The topological polar surface area (TPSA) is 56.2 Å². The van der Waals surface area contributed by atoms with E-state index in [-0.39, 0.29) is 12.1 Å². The molecule has 1 N–H and O–H groups in total. The number of hydrogen-bond acceptors (Lipinski definition) is 3. The third kappa shape index (κ3) is 2.23. The highest BCUT2D eigenvalue weighted by molar-refractivity contribution is 5.98. The second-order valence-electron chi connectivity index (χ2n) is 5.58. The molecule has 1 aromatic heterocycles. The predicted octanol–water partition coefficient (Wildman–Crippen LogP) is 2.49. The summed E-state index contributed by atoms with van der Waals surface area (Å²) in [7, 11) is 0. The Balaban J connectivity index is 1.62. The van der Waals surface area contributed by atoms with Crippen LogP contribution in [0.2, 0.25) is 0 Å². The van der Waals surface area contributed by atoms with Gasteiger partial charge in [-0.25, -0.2) is 4.68 Å². The van der Waals surface area contributed by atoms with E-state index in [1.54, 1.807) is 0 Å². The Morgan fingerprint density at radius 1 is 1.29 bits per heavy atom. The zero-order chi connectivity index (χ0) is 14.2. The lowest BCUT2D eigenvalue weighted by molar-refractivity contribution is -0.0394. The summed E-state index contributed by atoms with van der Waals surface area (Å²) in [6.45, 7) is 1.42. The van der Waals surface area contributed by atoms with Gasteiger partial charge in [0.15, 0.2) is 0 Å². The van der Waals surface area contributed by atoms with Crippen LogP contribution in [0, 0.1) is 0 Å². The van der Waals surface area contributed by atoms with Gasteiger partial charge in [-0.2, -0.15) is 5.10 Å². The van der Waals surface area contributed by atoms with Crippen LogP contribution in [0.15, 0.2) is 30.6 Å². The van der Waals surface area contributed by atoms with E-state index in [2.05, 4.69) is 16.5 Å². The molecule has 1 saturated heterocycles. The van der Waals surface area contributed by atoms with Crippen LogP contribution in [-0.2, 0) is 11.3 Å². The summed E-state index contributed by atoms with van der Waals surface area (Å²) in [6.07, 6.45) is 7.29. The number of hydrogen-bond donors (Lipinski definition) is 1. The molecule has 0 aliphatic carbocycles. The minimum absolute atomic E-state index is 0.0165. The maximum atomic E-state index is 11.6. The molecule has 0 bridgehead atoms. The number of fused-ring (bicyclic) bond motifs is 1. The molecule has 21 heavy (non-hydrogen) atoms. The molecule has 0 radical (unpaired) electrons. The lowest BCUT2D eigenvalue weighted by Crippen LogP contribution is -2.18. The molecule has 2 aliphatic heterocycles. The van der Waals surface area contributed by atoms with Crippen molar-refractivity contribution < 1.29 is 9.53 Å². The third-order valence-electron chi connectivity index (χ3n) is 4.17. The smallest absolute Gasteiger partial charge is 0.251 e. The molecule has 1 aromatic carbocycles. The van der Waals surface area contributed by atoms with Crippen LogP contribution in [0.5, 0.6) is 0 Å². The van der Waals surface area contributed by atoms with Gasteiger partial charge in [-0.1, -0.05) is 6.07 Å². The quantitative estimate of drug-likeness (QED) is 0.921. The van der Waals surface area contributed by atoms with Gasteiger partial charge in [0.2, 0.25) is 0 Å². The monoisotopic (exact) mass is 283 g/mol. The van der Waals surface area contributed by atoms with Crippen LogP contribution in [-0.4, -0.2) is 22.3 Å². The van der Waals surface area contributed by atoms with Crippen molar-refractivity contribution in [2.24, 2.45) is 0 Å². The van der Waals surface area contributed by atoms with Crippen molar-refractivity contribution in [3.05, 3.63) is 41.7 Å². The van der Waals surface area contributed by atoms with E-state index >= 15 is 0 Å². The molecule has 5 heteroatoms. The van der Waals surface area contributed by atoms with Crippen LogP contribution < -0.4 is 5.32 Å². The fraction of sp³-hybridized carbons (Fsp3) is 0.375. The maximum absolute atomic E-state index is 11.6. The minimum atomic E-state index is 0.0165. The van der Waals surface area contributed by atoms with Gasteiger partial charge >= 0.3 is 0 Å². The minimum Gasteiger partial charge on any atom is -0.357 e. The van der Waals surface area contributed by atoms with Crippen molar-refractivity contribution in [2.75, 3.05) is 6.61 Å². The predicted molar refractivity (Wildman–Crippen MR) is 77.7 cm³/mol. The first-order valence-electron chi connectivity index (χ1n) is 7.38. The summed E-state index contributed by atoms with van der Waals surface area (Å²) >= 11 is 0. The lowest BCUT2D eigenvalue weighted by atomic mass is 10.0. The van der Waals surface area contributed by atoms with Crippen molar-refractivity contribution in [3.63, 3.8) is 0 Å². The molecule has 5 nitrogen and oxygen atoms in total. The lowest BCUT2D eigenvalue weighted by Gasteiger charge is -2.22. The van der Waals surface area contributed by atoms with Crippen LogP contribution in [0.1, 0.15) is 41.4 Å². The maximum Gasteiger partial charge on any atom is 0.251 e. The van der Waals surface area contributed by atoms with E-state index in [0.29, 0.717) is 6.54 Å². The van der Waals surface area contributed by atoms with Gasteiger partial charge in [-0.3, -0.25) is 4.79 Å². The third-order valence-corrected chi connectivity index (χ3v) is 4.17. The highest BCUT2D eigenvalue weighted by Crippen LogP contribution is 2.27. The molecule has 1 fully saturated rings. The van der Waals surface area contributed by atoms with E-state index < -0.39 is 0 Å². The zero-order valence-corrected chi connectivity index (χ0v) is 11.7. The molecule has 1 unspecified atom stereocenters. The van der Waals surface area contributed by atoms with Gasteiger partial charge in [0.05, 0.1) is 6.20 Å². The standard InChI is InChI=1S/C16H17N3O2/c20-16-14-5-4-11(7-12(14)8-17-16)13-9-18-19(10-13)15-3-1-2-6-21-15/h4-5,7,9-10,15H,1-3,6,8H2,(H,17,20). The number of nitrogens with one attached hydrogen (secondary N) is 1. The highest BCUT2D eigenvalue weighted by atomic mass is 16.5. The van der Waals surface area contributed by atoms with E-state index in [1.165, 1.54) is 6.42 Å². The molecule has 4 rings (SSSR count). The average molecular weight is 283 g/mol. The first-order valence-corrected chi connectivity index (χ1v) is 7.38. The second-order valence-corrected chi connectivity index (χ2v) is 5.58. The number of amides is 1. The molecule has 1 atom stereocenters. The Labute approximate surface area is 122 Å². The van der Waals surface area contributed by atoms with E-state index in [4.69, 9.17) is 4.74 Å². The number of nitrogens with zero attached hydrogens (tertiary/aromatic N) is 2. The van der Waals surface area contributed by atoms with Crippen LogP contribution >= 0.6 is 0 Å². The van der Waals surface area contributed by atoms with E-state index in [0.717, 1.165) is 41.7 Å². The summed E-state index contributed by atoms with van der Waals surface area (Å²) in [5.74, 6) is 0.0165. The molecular formula is C16H17N3O2. The Morgan fingerprint density at radius 2 is 2.24 bits per heavy atom. The molecule has 1 amide bonds. The van der Waals surface area contributed by atoms with Crippen molar-refractivity contribution in [1.29, 1.82) is 0 Å².